The Bertz CT molecular complexity index is 187. The molecule has 0 aromatic heterocycles. The van der Waals surface area contributed by atoms with Crippen LogP contribution in [0.5, 0.6) is 0 Å². The van der Waals surface area contributed by atoms with Crippen molar-refractivity contribution in [2.24, 2.45) is 11.8 Å². The molecule has 0 bridgehead atoms. The smallest absolute Gasteiger partial charge is 0.141 e. The van der Waals surface area contributed by atoms with E-state index < -0.39 is 0 Å². The predicted octanol–water partition coefficient (Wildman–Crippen LogP) is 1.13. The van der Waals surface area contributed by atoms with E-state index in [1.807, 2.05) is 28.2 Å². The summed E-state index contributed by atoms with van der Waals surface area (Å²) in [7, 11) is 8.14. The Morgan fingerprint density at radius 3 is 1.60 bits per heavy atom. The molecule has 2 unspecified atom stereocenters. The standard InChI is InChI=1S/C11H22N2O.ClH/c1-12(2)7-9-5-6-10(11(9)14)8-13(3)4;/h9-10H,5-8H2,1-4H3;1H. The molecule has 15 heavy (non-hydrogen) atoms. The van der Waals surface area contributed by atoms with E-state index in [-0.39, 0.29) is 24.2 Å². The quantitative estimate of drug-likeness (QED) is 0.729. The molecule has 1 fully saturated rings. The van der Waals surface area contributed by atoms with Crippen LogP contribution < -0.4 is 0 Å². The van der Waals surface area contributed by atoms with E-state index in [1.54, 1.807) is 0 Å². The summed E-state index contributed by atoms with van der Waals surface area (Å²) in [6.45, 7) is 1.84. The molecule has 0 aliphatic heterocycles. The molecule has 0 amide bonds. The van der Waals surface area contributed by atoms with E-state index in [9.17, 15) is 4.79 Å². The summed E-state index contributed by atoms with van der Waals surface area (Å²) in [6.07, 6.45) is 2.16. The third kappa shape index (κ3) is 4.49. The Kier molecular flexibility index (Phi) is 6.41. The maximum atomic E-state index is 11.9. The fraction of sp³-hybridized carbons (Fsp3) is 0.909. The van der Waals surface area contributed by atoms with E-state index >= 15 is 0 Å². The van der Waals surface area contributed by atoms with Gasteiger partial charge >= 0.3 is 0 Å². The minimum Gasteiger partial charge on any atom is -0.309 e. The fourth-order valence-corrected chi connectivity index (χ4v) is 2.26. The van der Waals surface area contributed by atoms with E-state index in [1.165, 1.54) is 0 Å². The number of ketones is 1. The van der Waals surface area contributed by atoms with Crippen molar-refractivity contribution in [3.05, 3.63) is 0 Å². The maximum Gasteiger partial charge on any atom is 0.141 e. The number of carbonyl (C=O) groups excluding carboxylic acids is 1. The number of nitrogens with zero attached hydrogens (tertiary/aromatic N) is 2. The highest BCUT2D eigenvalue weighted by Gasteiger charge is 2.34. The van der Waals surface area contributed by atoms with Crippen LogP contribution in [0.1, 0.15) is 12.8 Å². The number of hydrogen-bond donors (Lipinski definition) is 0. The van der Waals surface area contributed by atoms with Crippen LogP contribution in [0, 0.1) is 11.8 Å². The highest BCUT2D eigenvalue weighted by Crippen LogP contribution is 2.27. The highest BCUT2D eigenvalue weighted by molar-refractivity contribution is 5.86. The number of hydrogen-bond acceptors (Lipinski definition) is 3. The van der Waals surface area contributed by atoms with Crippen LogP contribution in [0.2, 0.25) is 0 Å². The largest absolute Gasteiger partial charge is 0.309 e. The molecule has 0 heterocycles. The Morgan fingerprint density at radius 2 is 1.33 bits per heavy atom. The van der Waals surface area contributed by atoms with Crippen molar-refractivity contribution in [3.8, 4) is 0 Å². The van der Waals surface area contributed by atoms with E-state index in [4.69, 9.17) is 0 Å². The molecule has 0 aromatic carbocycles. The van der Waals surface area contributed by atoms with Crippen molar-refractivity contribution in [2.75, 3.05) is 41.3 Å². The van der Waals surface area contributed by atoms with Gasteiger partial charge in [-0.1, -0.05) is 0 Å². The van der Waals surface area contributed by atoms with Gasteiger partial charge in [0.05, 0.1) is 0 Å². The Hall–Kier alpha value is -0.120. The maximum absolute atomic E-state index is 11.9. The van der Waals surface area contributed by atoms with Crippen molar-refractivity contribution in [3.63, 3.8) is 0 Å². The van der Waals surface area contributed by atoms with Crippen molar-refractivity contribution >= 4 is 18.2 Å². The minimum absolute atomic E-state index is 0. The van der Waals surface area contributed by atoms with Crippen molar-refractivity contribution in [1.82, 2.24) is 9.80 Å². The lowest BCUT2D eigenvalue weighted by Gasteiger charge is -2.17. The summed E-state index contributed by atoms with van der Waals surface area (Å²) < 4.78 is 0. The predicted molar refractivity (Wildman–Crippen MR) is 65.6 cm³/mol. The lowest BCUT2D eigenvalue weighted by Crippen LogP contribution is -2.30. The normalized spacial score (nSPS) is 26.1. The van der Waals surface area contributed by atoms with Crippen molar-refractivity contribution in [2.45, 2.75) is 12.8 Å². The first-order chi connectivity index (χ1) is 6.50. The molecule has 1 aliphatic rings. The van der Waals surface area contributed by atoms with Gasteiger partial charge in [0.25, 0.3) is 0 Å². The highest BCUT2D eigenvalue weighted by atomic mass is 35.5. The van der Waals surface area contributed by atoms with Gasteiger partial charge < -0.3 is 9.80 Å². The molecule has 0 saturated heterocycles. The third-order valence-electron chi connectivity index (χ3n) is 2.84. The van der Waals surface area contributed by atoms with Gasteiger partial charge in [0.2, 0.25) is 0 Å². The topological polar surface area (TPSA) is 23.6 Å². The molecule has 1 rings (SSSR count). The molecule has 90 valence electrons. The van der Waals surface area contributed by atoms with Crippen LogP contribution in [0.15, 0.2) is 0 Å². The van der Waals surface area contributed by atoms with E-state index in [0.29, 0.717) is 5.78 Å². The second-order valence-electron chi connectivity index (χ2n) is 4.90. The molecule has 0 spiro atoms. The van der Waals surface area contributed by atoms with Crippen LogP contribution in [-0.4, -0.2) is 56.9 Å². The molecule has 0 aromatic rings. The van der Waals surface area contributed by atoms with E-state index in [0.717, 1.165) is 25.9 Å². The summed E-state index contributed by atoms with van der Waals surface area (Å²) in [5, 5.41) is 0. The van der Waals surface area contributed by atoms with E-state index in [2.05, 4.69) is 9.80 Å². The van der Waals surface area contributed by atoms with Gasteiger partial charge in [0.15, 0.2) is 0 Å². The van der Waals surface area contributed by atoms with Gasteiger partial charge in [0.1, 0.15) is 5.78 Å². The lowest BCUT2D eigenvalue weighted by atomic mass is 10.0. The van der Waals surface area contributed by atoms with Crippen LogP contribution in [0.25, 0.3) is 0 Å². The SMILES string of the molecule is CN(C)CC1CCC(CN(C)C)C1=O.Cl. The van der Waals surface area contributed by atoms with Gasteiger partial charge in [-0.2, -0.15) is 0 Å². The molecule has 0 radical (unpaired) electrons. The van der Waals surface area contributed by atoms with Crippen LogP contribution in [-0.2, 0) is 4.79 Å². The average molecular weight is 235 g/mol. The van der Waals surface area contributed by atoms with Crippen molar-refractivity contribution < 1.29 is 4.79 Å². The van der Waals surface area contributed by atoms with Crippen LogP contribution in [0.4, 0.5) is 0 Å². The van der Waals surface area contributed by atoms with Gasteiger partial charge in [0, 0.05) is 24.9 Å². The number of halogens is 1. The summed E-state index contributed by atoms with van der Waals surface area (Å²) in [6, 6.07) is 0. The summed E-state index contributed by atoms with van der Waals surface area (Å²) in [5.74, 6) is 1.05. The molecule has 1 saturated carbocycles. The monoisotopic (exact) mass is 234 g/mol. The molecule has 3 nitrogen and oxygen atoms in total. The molecule has 4 heteroatoms. The van der Waals surface area contributed by atoms with Gasteiger partial charge in [-0.05, 0) is 41.0 Å². The summed E-state index contributed by atoms with van der Waals surface area (Å²) >= 11 is 0. The average Bonchev–Trinajstić information content (AvgIpc) is 2.34. The van der Waals surface area contributed by atoms with Gasteiger partial charge in [-0.15, -0.1) is 12.4 Å². The Labute approximate surface area is 99.2 Å². The number of rotatable bonds is 4. The molecular weight excluding hydrogens is 212 g/mol. The molecule has 2 atom stereocenters. The van der Waals surface area contributed by atoms with Crippen LogP contribution in [0.3, 0.4) is 0 Å². The molecule has 1 aliphatic carbocycles. The third-order valence-corrected chi connectivity index (χ3v) is 2.84. The Morgan fingerprint density at radius 1 is 1.00 bits per heavy atom. The van der Waals surface area contributed by atoms with Gasteiger partial charge in [-0.25, -0.2) is 0 Å². The number of Topliss-reactive ketones (excluding diaryl/α,β-unsaturated/α-hetero) is 1. The Balaban J connectivity index is 0.00000196. The number of carbonyl (C=O) groups is 1. The van der Waals surface area contributed by atoms with Crippen LogP contribution >= 0.6 is 12.4 Å². The summed E-state index contributed by atoms with van der Waals surface area (Å²) in [5.41, 5.74) is 0. The minimum atomic E-state index is 0. The molecule has 0 N–H and O–H groups in total. The van der Waals surface area contributed by atoms with Crippen molar-refractivity contribution in [1.29, 1.82) is 0 Å². The summed E-state index contributed by atoms with van der Waals surface area (Å²) in [4.78, 5) is 16.1. The lowest BCUT2D eigenvalue weighted by molar-refractivity contribution is -0.124. The molecular formula is C11H23ClN2O. The second kappa shape index (κ2) is 6.46. The zero-order valence-corrected chi connectivity index (χ0v) is 11.0. The van der Waals surface area contributed by atoms with Gasteiger partial charge in [-0.3, -0.25) is 4.79 Å². The second-order valence-corrected chi connectivity index (χ2v) is 4.90. The fourth-order valence-electron chi connectivity index (χ4n) is 2.26. The first-order valence-corrected chi connectivity index (χ1v) is 5.34. The first-order valence-electron chi connectivity index (χ1n) is 5.34. The first kappa shape index (κ1) is 14.9. The zero-order valence-electron chi connectivity index (χ0n) is 10.2. The zero-order chi connectivity index (χ0) is 10.7.